The van der Waals surface area contributed by atoms with Crippen LogP contribution in [0.15, 0.2) is 24.4 Å². The van der Waals surface area contributed by atoms with E-state index >= 15 is 0 Å². The highest BCUT2D eigenvalue weighted by molar-refractivity contribution is 5.08. The van der Waals surface area contributed by atoms with Gasteiger partial charge in [-0.15, -0.1) is 0 Å². The summed E-state index contributed by atoms with van der Waals surface area (Å²) in [6.45, 7) is 3.90. The summed E-state index contributed by atoms with van der Waals surface area (Å²) in [4.78, 5) is 4.37. The van der Waals surface area contributed by atoms with Crippen LogP contribution in [-0.2, 0) is 4.74 Å². The van der Waals surface area contributed by atoms with E-state index in [2.05, 4.69) is 23.3 Å². The molecule has 1 heterocycles. The number of rotatable bonds is 7. The first-order valence-electron chi connectivity index (χ1n) is 5.51. The number of pyridine rings is 1. The minimum absolute atomic E-state index is 0.353. The normalized spacial score (nSPS) is 12.7. The van der Waals surface area contributed by atoms with Crippen LogP contribution in [0.3, 0.4) is 0 Å². The first kappa shape index (κ1) is 12.1. The zero-order chi connectivity index (χ0) is 10.9. The predicted molar refractivity (Wildman–Crippen MR) is 61.8 cm³/mol. The number of ether oxygens (including phenoxy) is 1. The molecule has 0 aliphatic rings. The second-order valence-electron chi connectivity index (χ2n) is 3.50. The van der Waals surface area contributed by atoms with Crippen molar-refractivity contribution < 1.29 is 4.74 Å². The van der Waals surface area contributed by atoms with E-state index < -0.39 is 0 Å². The third-order valence-electron chi connectivity index (χ3n) is 2.34. The molecular weight excluding hydrogens is 188 g/mol. The summed E-state index contributed by atoms with van der Waals surface area (Å²) >= 11 is 0. The van der Waals surface area contributed by atoms with Crippen LogP contribution >= 0.6 is 0 Å². The number of aromatic nitrogens is 1. The van der Waals surface area contributed by atoms with Gasteiger partial charge in [-0.05, 0) is 31.5 Å². The lowest BCUT2D eigenvalue weighted by Gasteiger charge is -2.16. The molecule has 0 spiro atoms. The summed E-state index contributed by atoms with van der Waals surface area (Å²) in [5, 5.41) is 3.44. The van der Waals surface area contributed by atoms with Gasteiger partial charge in [0.2, 0.25) is 0 Å². The Morgan fingerprint density at radius 2 is 2.33 bits per heavy atom. The number of nitrogens with zero attached hydrogens (tertiary/aromatic N) is 1. The molecule has 0 bridgehead atoms. The van der Waals surface area contributed by atoms with Crippen molar-refractivity contribution in [3.63, 3.8) is 0 Å². The molecule has 0 saturated carbocycles. The molecular formula is C12H20N2O. The Balaban J connectivity index is 2.50. The van der Waals surface area contributed by atoms with Crippen LogP contribution in [-0.4, -0.2) is 25.2 Å². The first-order chi connectivity index (χ1) is 7.38. The molecule has 1 unspecified atom stereocenters. The molecule has 1 atom stereocenters. The summed E-state index contributed by atoms with van der Waals surface area (Å²) in [7, 11) is 1.74. The number of hydrogen-bond acceptors (Lipinski definition) is 3. The smallest absolute Gasteiger partial charge is 0.0573 e. The second-order valence-corrected chi connectivity index (χ2v) is 3.50. The molecule has 1 aromatic rings. The van der Waals surface area contributed by atoms with Crippen LogP contribution in [0.5, 0.6) is 0 Å². The van der Waals surface area contributed by atoms with Crippen molar-refractivity contribution in [1.82, 2.24) is 10.3 Å². The SMILES string of the molecule is CCNC(CCCOC)c1ccccn1. The molecule has 1 N–H and O–H groups in total. The topological polar surface area (TPSA) is 34.1 Å². The van der Waals surface area contributed by atoms with Crippen LogP contribution in [0.25, 0.3) is 0 Å². The highest BCUT2D eigenvalue weighted by Crippen LogP contribution is 2.15. The fourth-order valence-electron chi connectivity index (χ4n) is 1.61. The third-order valence-corrected chi connectivity index (χ3v) is 2.34. The molecule has 0 amide bonds. The van der Waals surface area contributed by atoms with E-state index in [0.717, 1.165) is 31.7 Å². The lowest BCUT2D eigenvalue weighted by Crippen LogP contribution is -2.22. The Bertz CT molecular complexity index is 251. The Morgan fingerprint density at radius 1 is 1.47 bits per heavy atom. The predicted octanol–water partition coefficient (Wildman–Crippen LogP) is 2.16. The van der Waals surface area contributed by atoms with Gasteiger partial charge in [0, 0.05) is 26.0 Å². The minimum atomic E-state index is 0.353. The van der Waals surface area contributed by atoms with Gasteiger partial charge in [-0.2, -0.15) is 0 Å². The average Bonchev–Trinajstić information content (AvgIpc) is 2.29. The maximum absolute atomic E-state index is 5.06. The molecule has 0 fully saturated rings. The van der Waals surface area contributed by atoms with E-state index in [-0.39, 0.29) is 0 Å². The van der Waals surface area contributed by atoms with Crippen LogP contribution in [0.1, 0.15) is 31.5 Å². The van der Waals surface area contributed by atoms with E-state index in [0.29, 0.717) is 6.04 Å². The molecule has 0 aliphatic carbocycles. The monoisotopic (exact) mass is 208 g/mol. The maximum atomic E-state index is 5.06. The van der Waals surface area contributed by atoms with Crippen molar-refractivity contribution in [3.05, 3.63) is 30.1 Å². The van der Waals surface area contributed by atoms with E-state index in [1.54, 1.807) is 7.11 Å². The van der Waals surface area contributed by atoms with E-state index in [4.69, 9.17) is 4.74 Å². The Hall–Kier alpha value is -0.930. The lowest BCUT2D eigenvalue weighted by molar-refractivity contribution is 0.188. The lowest BCUT2D eigenvalue weighted by atomic mass is 10.1. The number of hydrogen-bond donors (Lipinski definition) is 1. The zero-order valence-electron chi connectivity index (χ0n) is 9.57. The van der Waals surface area contributed by atoms with Crippen LogP contribution in [0, 0.1) is 0 Å². The molecule has 3 heteroatoms. The summed E-state index contributed by atoms with van der Waals surface area (Å²) in [6, 6.07) is 6.40. The molecule has 3 nitrogen and oxygen atoms in total. The highest BCUT2D eigenvalue weighted by Gasteiger charge is 2.09. The summed E-state index contributed by atoms with van der Waals surface area (Å²) in [5.74, 6) is 0. The molecule has 0 radical (unpaired) electrons. The first-order valence-corrected chi connectivity index (χ1v) is 5.51. The standard InChI is InChI=1S/C12H20N2O/c1-3-13-11(8-6-10-15-2)12-7-4-5-9-14-12/h4-5,7,9,11,13H,3,6,8,10H2,1-2H3. The van der Waals surface area contributed by atoms with Gasteiger partial charge in [0.05, 0.1) is 5.69 Å². The largest absolute Gasteiger partial charge is 0.385 e. The van der Waals surface area contributed by atoms with Gasteiger partial charge in [0.1, 0.15) is 0 Å². The van der Waals surface area contributed by atoms with Crippen molar-refractivity contribution in [1.29, 1.82) is 0 Å². The molecule has 1 aromatic heterocycles. The highest BCUT2D eigenvalue weighted by atomic mass is 16.5. The van der Waals surface area contributed by atoms with Gasteiger partial charge >= 0.3 is 0 Å². The van der Waals surface area contributed by atoms with Gasteiger partial charge in [0.25, 0.3) is 0 Å². The second kappa shape index (κ2) is 7.37. The quantitative estimate of drug-likeness (QED) is 0.697. The van der Waals surface area contributed by atoms with Crippen LogP contribution in [0.4, 0.5) is 0 Å². The maximum Gasteiger partial charge on any atom is 0.0573 e. The Labute approximate surface area is 91.9 Å². The molecule has 0 aromatic carbocycles. The molecule has 0 saturated heterocycles. The average molecular weight is 208 g/mol. The third kappa shape index (κ3) is 4.40. The van der Waals surface area contributed by atoms with E-state index in [1.807, 2.05) is 18.3 Å². The Kier molecular flexibility index (Phi) is 5.97. The van der Waals surface area contributed by atoms with Crippen molar-refractivity contribution in [2.45, 2.75) is 25.8 Å². The summed E-state index contributed by atoms with van der Waals surface area (Å²) in [6.07, 6.45) is 3.97. The minimum Gasteiger partial charge on any atom is -0.385 e. The van der Waals surface area contributed by atoms with Crippen molar-refractivity contribution in [2.75, 3.05) is 20.3 Å². The van der Waals surface area contributed by atoms with Gasteiger partial charge < -0.3 is 10.1 Å². The fourth-order valence-corrected chi connectivity index (χ4v) is 1.61. The van der Waals surface area contributed by atoms with Crippen LogP contribution in [0.2, 0.25) is 0 Å². The number of nitrogens with one attached hydrogen (secondary N) is 1. The van der Waals surface area contributed by atoms with Crippen LogP contribution < -0.4 is 5.32 Å². The van der Waals surface area contributed by atoms with Gasteiger partial charge in [-0.3, -0.25) is 4.98 Å². The van der Waals surface area contributed by atoms with Crippen molar-refractivity contribution in [2.24, 2.45) is 0 Å². The fraction of sp³-hybridized carbons (Fsp3) is 0.583. The summed E-state index contributed by atoms with van der Waals surface area (Å²) in [5.41, 5.74) is 1.12. The Morgan fingerprint density at radius 3 is 2.93 bits per heavy atom. The molecule has 1 rings (SSSR count). The van der Waals surface area contributed by atoms with Gasteiger partial charge in [-0.25, -0.2) is 0 Å². The van der Waals surface area contributed by atoms with Crippen molar-refractivity contribution in [3.8, 4) is 0 Å². The summed E-state index contributed by atoms with van der Waals surface area (Å²) < 4.78 is 5.06. The zero-order valence-corrected chi connectivity index (χ0v) is 9.57. The van der Waals surface area contributed by atoms with Gasteiger partial charge in [-0.1, -0.05) is 13.0 Å². The molecule has 15 heavy (non-hydrogen) atoms. The molecule has 84 valence electrons. The van der Waals surface area contributed by atoms with E-state index in [9.17, 15) is 0 Å². The van der Waals surface area contributed by atoms with Gasteiger partial charge in [0.15, 0.2) is 0 Å². The molecule has 0 aliphatic heterocycles. The van der Waals surface area contributed by atoms with E-state index in [1.165, 1.54) is 0 Å². The number of methoxy groups -OCH3 is 1. The van der Waals surface area contributed by atoms with Crippen molar-refractivity contribution >= 4 is 0 Å².